The molecule has 2 N–H and O–H groups in total. The highest BCUT2D eigenvalue weighted by Crippen LogP contribution is 2.15. The molecule has 2 aromatic carbocycles. The largest absolute Gasteiger partial charge is 0.374 e. The molecule has 1 amide bonds. The second-order valence-electron chi connectivity index (χ2n) is 4.90. The molecule has 0 saturated carbocycles. The van der Waals surface area contributed by atoms with Gasteiger partial charge >= 0.3 is 0 Å². The summed E-state index contributed by atoms with van der Waals surface area (Å²) in [6, 6.07) is 13.1. The molecule has 0 bridgehead atoms. The van der Waals surface area contributed by atoms with Crippen molar-refractivity contribution in [2.45, 2.75) is 19.4 Å². The van der Waals surface area contributed by atoms with E-state index in [0.29, 0.717) is 12.0 Å². The summed E-state index contributed by atoms with van der Waals surface area (Å²) >= 11 is 3.37. The predicted octanol–water partition coefficient (Wildman–Crippen LogP) is 3.93. The molecule has 4 nitrogen and oxygen atoms in total. The van der Waals surface area contributed by atoms with Crippen molar-refractivity contribution in [2.75, 3.05) is 5.32 Å². The van der Waals surface area contributed by atoms with Gasteiger partial charge in [-0.25, -0.2) is 9.82 Å². The molecule has 0 radical (unpaired) electrons. The van der Waals surface area contributed by atoms with Crippen LogP contribution < -0.4 is 10.7 Å². The van der Waals surface area contributed by atoms with E-state index in [9.17, 15) is 9.18 Å². The molecule has 2 aromatic rings. The average molecular weight is 378 g/mol. The fourth-order valence-corrected chi connectivity index (χ4v) is 2.16. The number of halogens is 2. The Bertz CT molecular complexity index is 671. The third-order valence-electron chi connectivity index (χ3n) is 3.17. The number of nitrogens with zero attached hydrogens (tertiary/aromatic N) is 1. The van der Waals surface area contributed by atoms with Crippen LogP contribution in [0.4, 0.5) is 10.1 Å². The maximum atomic E-state index is 12.8. The van der Waals surface area contributed by atoms with E-state index >= 15 is 0 Å². The molecule has 0 aliphatic heterocycles. The number of nitrogens with one attached hydrogen (secondary N) is 2. The van der Waals surface area contributed by atoms with Gasteiger partial charge in [-0.3, -0.25) is 4.79 Å². The molecule has 2 rings (SSSR count). The smallest absolute Gasteiger partial charge is 0.262 e. The van der Waals surface area contributed by atoms with Crippen LogP contribution in [0.1, 0.15) is 18.9 Å². The van der Waals surface area contributed by atoms with E-state index in [1.165, 1.54) is 18.3 Å². The Balaban J connectivity index is 1.91. The van der Waals surface area contributed by atoms with Crippen molar-refractivity contribution < 1.29 is 9.18 Å². The average Bonchev–Trinajstić information content (AvgIpc) is 2.56. The lowest BCUT2D eigenvalue weighted by molar-refractivity contribution is -0.121. The summed E-state index contributed by atoms with van der Waals surface area (Å²) in [5.74, 6) is -0.537. The zero-order chi connectivity index (χ0) is 16.7. The molecular weight excluding hydrogens is 361 g/mol. The quantitative estimate of drug-likeness (QED) is 0.591. The minimum Gasteiger partial charge on any atom is -0.374 e. The lowest BCUT2D eigenvalue weighted by Gasteiger charge is -2.16. The van der Waals surface area contributed by atoms with Crippen LogP contribution in [0.5, 0.6) is 0 Å². The van der Waals surface area contributed by atoms with Crippen molar-refractivity contribution in [3.05, 3.63) is 64.4 Å². The summed E-state index contributed by atoms with van der Waals surface area (Å²) in [6.07, 6.45) is 2.09. The summed E-state index contributed by atoms with van der Waals surface area (Å²) < 4.78 is 13.8. The van der Waals surface area contributed by atoms with Gasteiger partial charge in [0.15, 0.2) is 0 Å². The van der Waals surface area contributed by atoms with E-state index in [0.717, 1.165) is 10.2 Å². The number of carbonyl (C=O) groups excluding carboxylic acids is 1. The van der Waals surface area contributed by atoms with Gasteiger partial charge in [0, 0.05) is 10.2 Å². The summed E-state index contributed by atoms with van der Waals surface area (Å²) in [6.45, 7) is 1.92. The van der Waals surface area contributed by atoms with Gasteiger partial charge in [-0.2, -0.15) is 5.10 Å². The van der Waals surface area contributed by atoms with Gasteiger partial charge in [-0.1, -0.05) is 35.0 Å². The Kier molecular flexibility index (Phi) is 6.29. The Morgan fingerprint density at radius 2 is 1.87 bits per heavy atom. The highest BCUT2D eigenvalue weighted by molar-refractivity contribution is 9.10. The standard InChI is InChI=1S/C17H17BrFN3O/c1-2-16(21-15-9-5-13(18)6-10-15)17(23)22-20-11-12-3-7-14(19)8-4-12/h3-11,16,21H,2H2,1H3,(H,22,23). The molecule has 1 unspecified atom stereocenters. The number of hydrogen-bond acceptors (Lipinski definition) is 3. The van der Waals surface area contributed by atoms with E-state index in [4.69, 9.17) is 0 Å². The highest BCUT2D eigenvalue weighted by atomic mass is 79.9. The Morgan fingerprint density at radius 1 is 1.22 bits per heavy atom. The van der Waals surface area contributed by atoms with E-state index in [1.54, 1.807) is 12.1 Å². The van der Waals surface area contributed by atoms with Crippen LogP contribution in [-0.2, 0) is 4.79 Å². The van der Waals surface area contributed by atoms with E-state index in [-0.39, 0.29) is 17.8 Å². The van der Waals surface area contributed by atoms with E-state index in [1.807, 2.05) is 31.2 Å². The van der Waals surface area contributed by atoms with Crippen LogP contribution >= 0.6 is 15.9 Å². The van der Waals surface area contributed by atoms with Crippen LogP contribution in [0.15, 0.2) is 58.1 Å². The highest BCUT2D eigenvalue weighted by Gasteiger charge is 2.15. The molecule has 1 atom stereocenters. The van der Waals surface area contributed by atoms with E-state index < -0.39 is 0 Å². The third kappa shape index (κ3) is 5.49. The first kappa shape index (κ1) is 17.1. The van der Waals surface area contributed by atoms with Gasteiger partial charge in [0.25, 0.3) is 5.91 Å². The molecule has 0 spiro atoms. The van der Waals surface area contributed by atoms with Crippen LogP contribution in [0.25, 0.3) is 0 Å². The van der Waals surface area contributed by atoms with Gasteiger partial charge in [-0.05, 0) is 48.4 Å². The molecule has 23 heavy (non-hydrogen) atoms. The monoisotopic (exact) mass is 377 g/mol. The maximum absolute atomic E-state index is 12.8. The fourth-order valence-electron chi connectivity index (χ4n) is 1.90. The number of hydrogen-bond donors (Lipinski definition) is 2. The van der Waals surface area contributed by atoms with Crippen LogP contribution in [0.3, 0.4) is 0 Å². The van der Waals surface area contributed by atoms with Gasteiger partial charge < -0.3 is 5.32 Å². The molecule has 0 saturated heterocycles. The normalized spacial score (nSPS) is 12.1. The first-order chi connectivity index (χ1) is 11.1. The zero-order valence-electron chi connectivity index (χ0n) is 12.6. The predicted molar refractivity (Wildman–Crippen MR) is 94.0 cm³/mol. The molecule has 0 aliphatic carbocycles. The summed E-state index contributed by atoms with van der Waals surface area (Å²) in [4.78, 5) is 12.1. The van der Waals surface area contributed by atoms with Crippen LogP contribution in [-0.4, -0.2) is 18.2 Å². The number of amides is 1. The van der Waals surface area contributed by atoms with Gasteiger partial charge in [-0.15, -0.1) is 0 Å². The SMILES string of the molecule is CCC(Nc1ccc(Br)cc1)C(=O)NN=Cc1ccc(F)cc1. The first-order valence-corrected chi connectivity index (χ1v) is 7.98. The van der Waals surface area contributed by atoms with Crippen molar-refractivity contribution in [1.82, 2.24) is 5.43 Å². The van der Waals surface area contributed by atoms with Crippen molar-refractivity contribution in [3.8, 4) is 0 Å². The molecule has 0 aromatic heterocycles. The summed E-state index contributed by atoms with van der Waals surface area (Å²) in [7, 11) is 0. The number of rotatable bonds is 6. The molecule has 0 fully saturated rings. The molecule has 0 heterocycles. The van der Waals surface area contributed by atoms with Gasteiger partial charge in [0.1, 0.15) is 11.9 Å². The molecule has 6 heteroatoms. The summed E-state index contributed by atoms with van der Waals surface area (Å²) in [5, 5.41) is 7.06. The van der Waals surface area contributed by atoms with Crippen molar-refractivity contribution in [1.29, 1.82) is 0 Å². The Hall–Kier alpha value is -2.21. The van der Waals surface area contributed by atoms with E-state index in [2.05, 4.69) is 31.8 Å². The molecular formula is C17H17BrFN3O. The maximum Gasteiger partial charge on any atom is 0.262 e. The minimum absolute atomic E-state index is 0.228. The van der Waals surface area contributed by atoms with Crippen LogP contribution in [0.2, 0.25) is 0 Å². The number of hydrazone groups is 1. The number of carbonyl (C=O) groups is 1. The van der Waals surface area contributed by atoms with Crippen molar-refractivity contribution in [3.63, 3.8) is 0 Å². The Labute approximate surface area is 142 Å². The molecule has 120 valence electrons. The minimum atomic E-state index is -0.387. The van der Waals surface area contributed by atoms with Crippen LogP contribution in [0, 0.1) is 5.82 Å². The number of benzene rings is 2. The third-order valence-corrected chi connectivity index (χ3v) is 3.70. The van der Waals surface area contributed by atoms with Crippen molar-refractivity contribution >= 4 is 33.7 Å². The first-order valence-electron chi connectivity index (χ1n) is 7.19. The van der Waals surface area contributed by atoms with Gasteiger partial charge in [0.2, 0.25) is 0 Å². The topological polar surface area (TPSA) is 53.5 Å². The zero-order valence-corrected chi connectivity index (χ0v) is 14.2. The van der Waals surface area contributed by atoms with Crippen molar-refractivity contribution in [2.24, 2.45) is 5.10 Å². The second-order valence-corrected chi connectivity index (χ2v) is 5.81. The lowest BCUT2D eigenvalue weighted by Crippen LogP contribution is -2.36. The summed E-state index contributed by atoms with van der Waals surface area (Å²) in [5.41, 5.74) is 4.06. The lowest BCUT2D eigenvalue weighted by atomic mass is 10.2. The fraction of sp³-hybridized carbons (Fsp3) is 0.176. The van der Waals surface area contributed by atoms with Gasteiger partial charge in [0.05, 0.1) is 6.21 Å². The Morgan fingerprint density at radius 3 is 2.48 bits per heavy atom. The molecule has 0 aliphatic rings. The number of anilines is 1. The second kappa shape index (κ2) is 8.43.